The van der Waals surface area contributed by atoms with Gasteiger partial charge in [0.2, 0.25) is 0 Å². The van der Waals surface area contributed by atoms with E-state index in [9.17, 15) is 17.6 Å². The predicted molar refractivity (Wildman–Crippen MR) is 100 cm³/mol. The van der Waals surface area contributed by atoms with Gasteiger partial charge in [-0.2, -0.15) is 0 Å². The van der Waals surface area contributed by atoms with Crippen molar-refractivity contribution in [3.05, 3.63) is 28.5 Å². The maximum Gasteiger partial charge on any atom is 0.261 e. The molecule has 8 heteroatoms. The Kier molecular flexibility index (Phi) is 6.22. The van der Waals surface area contributed by atoms with E-state index in [2.05, 4.69) is 15.9 Å². The van der Waals surface area contributed by atoms with Crippen LogP contribution in [0.4, 0.5) is 4.39 Å². The third kappa shape index (κ3) is 4.76. The summed E-state index contributed by atoms with van der Waals surface area (Å²) in [5, 5.41) is 0. The maximum absolute atomic E-state index is 13.2. The van der Waals surface area contributed by atoms with Crippen molar-refractivity contribution in [2.24, 2.45) is 0 Å². The van der Waals surface area contributed by atoms with Crippen LogP contribution in [0.25, 0.3) is 0 Å². The van der Waals surface area contributed by atoms with Gasteiger partial charge in [-0.3, -0.25) is 4.79 Å². The van der Waals surface area contributed by atoms with Crippen LogP contribution in [0.2, 0.25) is 0 Å². The number of hydrogen-bond donors (Lipinski definition) is 0. The van der Waals surface area contributed by atoms with Crippen LogP contribution in [-0.2, 0) is 14.6 Å². The average Bonchev–Trinajstić information content (AvgIpc) is 2.95. The Morgan fingerprint density at radius 1 is 1.19 bits per heavy atom. The summed E-state index contributed by atoms with van der Waals surface area (Å²) in [6.45, 7) is -0.183. The average molecular weight is 448 g/mol. The Balaban J connectivity index is 1.71. The molecule has 144 valence electrons. The fourth-order valence-electron chi connectivity index (χ4n) is 3.87. The van der Waals surface area contributed by atoms with E-state index in [0.29, 0.717) is 16.6 Å². The molecule has 3 rings (SSSR count). The molecule has 1 aliphatic heterocycles. The topological polar surface area (TPSA) is 63.7 Å². The molecular formula is C18H23BrFNO4S. The molecule has 1 aliphatic carbocycles. The molecule has 0 radical (unpaired) electrons. The zero-order valence-corrected chi connectivity index (χ0v) is 16.9. The highest BCUT2D eigenvalue weighted by molar-refractivity contribution is 9.10. The Morgan fingerprint density at radius 3 is 2.54 bits per heavy atom. The van der Waals surface area contributed by atoms with E-state index in [1.807, 2.05) is 0 Å². The molecule has 2 aliphatic rings. The third-order valence-electron chi connectivity index (χ3n) is 5.10. The number of benzene rings is 1. The summed E-state index contributed by atoms with van der Waals surface area (Å²) in [6, 6.07) is 3.83. The minimum absolute atomic E-state index is 0.0372. The van der Waals surface area contributed by atoms with E-state index in [-0.39, 0.29) is 36.1 Å². The largest absolute Gasteiger partial charge is 0.483 e. The number of carbonyl (C=O) groups excluding carboxylic acids is 1. The number of hydrogen-bond acceptors (Lipinski definition) is 4. The van der Waals surface area contributed by atoms with Crippen LogP contribution in [0.3, 0.4) is 0 Å². The molecule has 0 N–H and O–H groups in total. The summed E-state index contributed by atoms with van der Waals surface area (Å²) in [6.07, 6.45) is 5.56. The summed E-state index contributed by atoms with van der Waals surface area (Å²) in [7, 11) is -3.08. The molecule has 2 fully saturated rings. The van der Waals surface area contributed by atoms with Gasteiger partial charge in [0.05, 0.1) is 16.0 Å². The van der Waals surface area contributed by atoms with Gasteiger partial charge in [-0.15, -0.1) is 0 Å². The van der Waals surface area contributed by atoms with Gasteiger partial charge in [0.1, 0.15) is 11.6 Å². The Labute approximate surface area is 161 Å². The molecule has 1 aromatic carbocycles. The van der Waals surface area contributed by atoms with Crippen molar-refractivity contribution in [3.63, 3.8) is 0 Å². The van der Waals surface area contributed by atoms with Crippen LogP contribution in [0.1, 0.15) is 38.5 Å². The molecule has 1 atom stereocenters. The summed E-state index contributed by atoms with van der Waals surface area (Å²) in [4.78, 5) is 14.7. The van der Waals surface area contributed by atoms with Crippen LogP contribution in [0.5, 0.6) is 5.75 Å². The van der Waals surface area contributed by atoms with Crippen LogP contribution < -0.4 is 4.74 Å². The van der Waals surface area contributed by atoms with Crippen LogP contribution >= 0.6 is 15.9 Å². The number of nitrogens with zero attached hydrogens (tertiary/aromatic N) is 1. The molecule has 1 amide bonds. The van der Waals surface area contributed by atoms with Gasteiger partial charge in [0.25, 0.3) is 5.91 Å². The number of halogens is 2. The van der Waals surface area contributed by atoms with Crippen molar-refractivity contribution in [2.75, 3.05) is 18.1 Å². The first-order chi connectivity index (χ1) is 12.4. The lowest BCUT2D eigenvalue weighted by atomic mass is 9.93. The van der Waals surface area contributed by atoms with E-state index in [1.165, 1.54) is 18.2 Å². The molecule has 1 aromatic rings. The van der Waals surface area contributed by atoms with Gasteiger partial charge >= 0.3 is 0 Å². The first kappa shape index (κ1) is 19.6. The SMILES string of the molecule is O=C(COc1ccc(F)cc1Br)N(C1CCCCC1)[C@H]1CCS(=O)(=O)C1. The monoisotopic (exact) mass is 447 g/mol. The minimum atomic E-state index is -3.08. The number of rotatable bonds is 5. The van der Waals surface area contributed by atoms with Gasteiger partial charge in [-0.05, 0) is 53.4 Å². The van der Waals surface area contributed by atoms with Gasteiger partial charge < -0.3 is 9.64 Å². The van der Waals surface area contributed by atoms with Gasteiger partial charge in [-0.25, -0.2) is 12.8 Å². The maximum atomic E-state index is 13.2. The summed E-state index contributed by atoms with van der Waals surface area (Å²) >= 11 is 3.22. The standard InChI is InChI=1S/C18H23BrFNO4S/c19-16-10-13(20)6-7-17(16)25-11-18(22)21(14-4-2-1-3-5-14)15-8-9-26(23,24)12-15/h6-7,10,14-15H,1-5,8-9,11-12H2/t15-/m0/s1. The Bertz CT molecular complexity index is 764. The molecule has 0 unspecified atom stereocenters. The second-order valence-corrected chi connectivity index (χ2v) is 10.1. The van der Waals surface area contributed by atoms with E-state index < -0.39 is 15.7 Å². The lowest BCUT2D eigenvalue weighted by Crippen LogP contribution is -2.50. The second-order valence-electron chi connectivity index (χ2n) is 7.01. The molecule has 1 saturated heterocycles. The predicted octanol–water partition coefficient (Wildman–Crippen LogP) is 3.32. The Hall–Kier alpha value is -1.15. The fraction of sp³-hybridized carbons (Fsp3) is 0.611. The zero-order chi connectivity index (χ0) is 18.7. The number of amides is 1. The minimum Gasteiger partial charge on any atom is -0.483 e. The number of ether oxygens (including phenoxy) is 1. The van der Waals surface area contributed by atoms with Crippen molar-refractivity contribution in [3.8, 4) is 5.75 Å². The second kappa shape index (κ2) is 8.25. The van der Waals surface area contributed by atoms with Gasteiger partial charge in [0.15, 0.2) is 16.4 Å². The van der Waals surface area contributed by atoms with Crippen LogP contribution in [-0.4, -0.2) is 49.4 Å². The molecule has 26 heavy (non-hydrogen) atoms. The molecule has 1 saturated carbocycles. The summed E-state index contributed by atoms with van der Waals surface area (Å²) in [5.74, 6) is -0.0262. The van der Waals surface area contributed by atoms with Crippen LogP contribution in [0, 0.1) is 5.82 Å². The van der Waals surface area contributed by atoms with Gasteiger partial charge in [0, 0.05) is 12.1 Å². The quantitative estimate of drug-likeness (QED) is 0.694. The first-order valence-electron chi connectivity index (χ1n) is 8.95. The Morgan fingerprint density at radius 2 is 1.92 bits per heavy atom. The highest BCUT2D eigenvalue weighted by atomic mass is 79.9. The van der Waals surface area contributed by atoms with Crippen molar-refractivity contribution < 1.29 is 22.3 Å². The lowest BCUT2D eigenvalue weighted by Gasteiger charge is -2.38. The number of sulfone groups is 1. The van der Waals surface area contributed by atoms with Crippen molar-refractivity contribution >= 4 is 31.7 Å². The number of carbonyl (C=O) groups is 1. The van der Waals surface area contributed by atoms with E-state index in [1.54, 1.807) is 4.90 Å². The van der Waals surface area contributed by atoms with E-state index in [4.69, 9.17) is 4.74 Å². The van der Waals surface area contributed by atoms with Crippen molar-refractivity contribution in [1.29, 1.82) is 0 Å². The molecule has 0 bridgehead atoms. The first-order valence-corrected chi connectivity index (χ1v) is 11.6. The fourth-order valence-corrected chi connectivity index (χ4v) is 6.04. The summed E-state index contributed by atoms with van der Waals surface area (Å²) < 4.78 is 43.0. The normalized spacial score (nSPS) is 22.9. The summed E-state index contributed by atoms with van der Waals surface area (Å²) in [5.41, 5.74) is 0. The zero-order valence-electron chi connectivity index (χ0n) is 14.5. The van der Waals surface area contributed by atoms with E-state index >= 15 is 0 Å². The van der Waals surface area contributed by atoms with Crippen molar-refractivity contribution in [1.82, 2.24) is 4.90 Å². The molecular weight excluding hydrogens is 425 g/mol. The third-order valence-corrected chi connectivity index (χ3v) is 7.47. The van der Waals surface area contributed by atoms with E-state index in [0.717, 1.165) is 32.1 Å². The molecule has 0 spiro atoms. The molecule has 5 nitrogen and oxygen atoms in total. The molecule has 1 heterocycles. The highest BCUT2D eigenvalue weighted by Crippen LogP contribution is 2.29. The van der Waals surface area contributed by atoms with Crippen molar-refractivity contribution in [2.45, 2.75) is 50.6 Å². The van der Waals surface area contributed by atoms with Crippen LogP contribution in [0.15, 0.2) is 22.7 Å². The smallest absolute Gasteiger partial charge is 0.261 e. The van der Waals surface area contributed by atoms with Gasteiger partial charge in [-0.1, -0.05) is 19.3 Å². The molecule has 0 aromatic heterocycles. The highest BCUT2D eigenvalue weighted by Gasteiger charge is 2.38. The lowest BCUT2D eigenvalue weighted by molar-refractivity contribution is -0.138.